The van der Waals surface area contributed by atoms with Gasteiger partial charge in [-0.2, -0.15) is 4.98 Å². The Bertz CT molecular complexity index is 617. The minimum atomic E-state index is -0.918. The average Bonchev–Trinajstić information content (AvgIpc) is 2.53. The number of aliphatic hydroxyl groups excluding tert-OH is 1. The lowest BCUT2D eigenvalue weighted by Crippen LogP contribution is -2.11. The van der Waals surface area contributed by atoms with E-state index in [4.69, 9.17) is 9.47 Å². The van der Waals surface area contributed by atoms with Crippen molar-refractivity contribution in [2.45, 2.75) is 6.10 Å². The van der Waals surface area contributed by atoms with Crippen molar-refractivity contribution in [1.29, 1.82) is 0 Å². The van der Waals surface area contributed by atoms with Gasteiger partial charge < -0.3 is 19.5 Å². The fraction of sp³-hybridized carbons (Fsp3) is 0.333. The Labute approximate surface area is 124 Å². The maximum Gasteiger partial charge on any atom is 0.241 e. The van der Waals surface area contributed by atoms with Crippen LogP contribution in [0.3, 0.4) is 0 Å². The Hall–Kier alpha value is -2.34. The predicted octanol–water partition coefficient (Wildman–Crippen LogP) is 1.64. The molecule has 6 nitrogen and oxygen atoms in total. The predicted molar refractivity (Wildman–Crippen MR) is 80.0 cm³/mol. The Balaban J connectivity index is 2.39. The molecule has 1 heterocycles. The third-order valence-electron chi connectivity index (χ3n) is 3.11. The van der Waals surface area contributed by atoms with E-state index in [0.29, 0.717) is 11.6 Å². The molecule has 0 aliphatic heterocycles. The maximum absolute atomic E-state index is 10.5. The second-order valence-corrected chi connectivity index (χ2v) is 4.70. The molecule has 0 fully saturated rings. The number of anilines is 1. The molecular formula is C15H19N3O3. The van der Waals surface area contributed by atoms with Gasteiger partial charge in [-0.1, -0.05) is 12.1 Å². The Morgan fingerprint density at radius 3 is 2.57 bits per heavy atom. The summed E-state index contributed by atoms with van der Waals surface area (Å²) >= 11 is 0. The quantitative estimate of drug-likeness (QED) is 0.902. The summed E-state index contributed by atoms with van der Waals surface area (Å²) in [5.41, 5.74) is 2.07. The van der Waals surface area contributed by atoms with E-state index < -0.39 is 6.10 Å². The van der Waals surface area contributed by atoms with Crippen LogP contribution in [0.25, 0.3) is 0 Å². The fourth-order valence-electron chi connectivity index (χ4n) is 1.93. The molecule has 1 aromatic heterocycles. The smallest absolute Gasteiger partial charge is 0.241 e. The highest BCUT2D eigenvalue weighted by molar-refractivity contribution is 5.49. The standard InChI is InChI=1S/C15H19N3O3/c1-18(2)11-7-5-6-10(8-11)14(19)13-15(21-4)17-12(20-3)9-16-13/h5-9,14,19H,1-4H3. The zero-order valence-corrected chi connectivity index (χ0v) is 12.6. The summed E-state index contributed by atoms with van der Waals surface area (Å²) < 4.78 is 10.2. The number of hydrogen-bond donors (Lipinski definition) is 1. The molecule has 0 aliphatic carbocycles. The first-order chi connectivity index (χ1) is 10.1. The first kappa shape index (κ1) is 15.1. The number of benzene rings is 1. The first-order valence-corrected chi connectivity index (χ1v) is 6.47. The molecule has 2 aromatic rings. The van der Waals surface area contributed by atoms with Crippen molar-refractivity contribution < 1.29 is 14.6 Å². The highest BCUT2D eigenvalue weighted by Crippen LogP contribution is 2.29. The molecule has 21 heavy (non-hydrogen) atoms. The average molecular weight is 289 g/mol. The van der Waals surface area contributed by atoms with Crippen LogP contribution in [0, 0.1) is 0 Å². The van der Waals surface area contributed by atoms with Crippen molar-refractivity contribution in [3.63, 3.8) is 0 Å². The fourth-order valence-corrected chi connectivity index (χ4v) is 1.93. The Kier molecular flexibility index (Phi) is 4.59. The van der Waals surface area contributed by atoms with E-state index in [1.165, 1.54) is 20.4 Å². The van der Waals surface area contributed by atoms with Crippen LogP contribution in [0.1, 0.15) is 17.4 Å². The van der Waals surface area contributed by atoms with E-state index in [2.05, 4.69) is 9.97 Å². The van der Waals surface area contributed by atoms with Crippen molar-refractivity contribution in [1.82, 2.24) is 9.97 Å². The molecule has 0 bridgehead atoms. The lowest BCUT2D eigenvalue weighted by Gasteiger charge is -2.17. The Morgan fingerprint density at radius 2 is 1.95 bits per heavy atom. The minimum absolute atomic E-state index is 0.247. The van der Waals surface area contributed by atoms with Crippen LogP contribution in [-0.2, 0) is 0 Å². The van der Waals surface area contributed by atoms with Crippen LogP contribution in [-0.4, -0.2) is 43.4 Å². The molecule has 6 heteroatoms. The molecule has 0 spiro atoms. The highest BCUT2D eigenvalue weighted by Gasteiger charge is 2.19. The van der Waals surface area contributed by atoms with Gasteiger partial charge in [-0.25, -0.2) is 4.98 Å². The lowest BCUT2D eigenvalue weighted by atomic mass is 10.1. The minimum Gasteiger partial charge on any atom is -0.480 e. The van der Waals surface area contributed by atoms with Crippen LogP contribution >= 0.6 is 0 Å². The number of methoxy groups -OCH3 is 2. The summed E-state index contributed by atoms with van der Waals surface area (Å²) in [5.74, 6) is 0.585. The third-order valence-corrected chi connectivity index (χ3v) is 3.11. The summed E-state index contributed by atoms with van der Waals surface area (Å²) in [6.45, 7) is 0. The van der Waals surface area contributed by atoms with Crippen molar-refractivity contribution in [3.05, 3.63) is 41.7 Å². The molecule has 112 valence electrons. The molecule has 1 N–H and O–H groups in total. The van der Waals surface area contributed by atoms with E-state index in [0.717, 1.165) is 11.3 Å². The van der Waals surface area contributed by atoms with Gasteiger partial charge in [-0.05, 0) is 17.7 Å². The third kappa shape index (κ3) is 3.22. The van der Waals surface area contributed by atoms with Gasteiger partial charge in [0.05, 0.1) is 20.4 Å². The molecule has 2 rings (SSSR count). The van der Waals surface area contributed by atoms with Gasteiger partial charge in [0.1, 0.15) is 11.8 Å². The van der Waals surface area contributed by atoms with Crippen LogP contribution in [0.4, 0.5) is 5.69 Å². The number of aliphatic hydroxyl groups is 1. The van der Waals surface area contributed by atoms with E-state index in [9.17, 15) is 5.11 Å². The van der Waals surface area contributed by atoms with Gasteiger partial charge in [0.25, 0.3) is 0 Å². The molecule has 0 radical (unpaired) electrons. The zero-order chi connectivity index (χ0) is 15.4. The number of nitrogens with zero attached hydrogens (tertiary/aromatic N) is 3. The summed E-state index contributed by atoms with van der Waals surface area (Å²) in [5, 5.41) is 10.5. The molecule has 0 amide bonds. The van der Waals surface area contributed by atoms with Gasteiger partial charge in [-0.3, -0.25) is 0 Å². The largest absolute Gasteiger partial charge is 0.480 e. The number of ether oxygens (including phenoxy) is 2. The van der Waals surface area contributed by atoms with E-state index in [1.54, 1.807) is 0 Å². The molecule has 1 aromatic carbocycles. The highest BCUT2D eigenvalue weighted by atomic mass is 16.5. The molecule has 0 aliphatic rings. The van der Waals surface area contributed by atoms with Crippen LogP contribution < -0.4 is 14.4 Å². The molecular weight excluding hydrogens is 270 g/mol. The number of rotatable bonds is 5. The van der Waals surface area contributed by atoms with Crippen molar-refractivity contribution in [3.8, 4) is 11.8 Å². The summed E-state index contributed by atoms with van der Waals surface area (Å²) in [6.07, 6.45) is 0.537. The maximum atomic E-state index is 10.5. The van der Waals surface area contributed by atoms with Crippen LogP contribution in [0.5, 0.6) is 11.8 Å². The van der Waals surface area contributed by atoms with Crippen LogP contribution in [0.15, 0.2) is 30.5 Å². The zero-order valence-electron chi connectivity index (χ0n) is 12.6. The summed E-state index contributed by atoms with van der Waals surface area (Å²) in [7, 11) is 6.87. The van der Waals surface area contributed by atoms with E-state index >= 15 is 0 Å². The monoisotopic (exact) mass is 289 g/mol. The number of hydrogen-bond acceptors (Lipinski definition) is 6. The second kappa shape index (κ2) is 6.41. The molecule has 1 unspecified atom stereocenters. The van der Waals surface area contributed by atoms with Crippen molar-refractivity contribution in [2.24, 2.45) is 0 Å². The van der Waals surface area contributed by atoms with Gasteiger partial charge >= 0.3 is 0 Å². The summed E-state index contributed by atoms with van der Waals surface area (Å²) in [6, 6.07) is 7.59. The summed E-state index contributed by atoms with van der Waals surface area (Å²) in [4.78, 5) is 10.3. The van der Waals surface area contributed by atoms with Gasteiger partial charge in [0, 0.05) is 19.8 Å². The molecule has 0 saturated heterocycles. The normalized spacial score (nSPS) is 11.9. The molecule has 0 saturated carbocycles. The van der Waals surface area contributed by atoms with Crippen molar-refractivity contribution >= 4 is 5.69 Å². The topological polar surface area (TPSA) is 67.7 Å². The van der Waals surface area contributed by atoms with Gasteiger partial charge in [0.2, 0.25) is 11.8 Å². The molecule has 1 atom stereocenters. The SMILES string of the molecule is COc1cnc(C(O)c2cccc(N(C)C)c2)c(OC)n1. The first-order valence-electron chi connectivity index (χ1n) is 6.47. The van der Waals surface area contributed by atoms with Crippen LogP contribution in [0.2, 0.25) is 0 Å². The lowest BCUT2D eigenvalue weighted by molar-refractivity contribution is 0.206. The van der Waals surface area contributed by atoms with Gasteiger partial charge in [0.15, 0.2) is 0 Å². The number of aromatic nitrogens is 2. The van der Waals surface area contributed by atoms with Gasteiger partial charge in [-0.15, -0.1) is 0 Å². The van der Waals surface area contributed by atoms with E-state index in [-0.39, 0.29) is 5.88 Å². The Morgan fingerprint density at radius 1 is 1.19 bits per heavy atom. The van der Waals surface area contributed by atoms with Crippen molar-refractivity contribution in [2.75, 3.05) is 33.2 Å². The second-order valence-electron chi connectivity index (χ2n) is 4.70. The van der Waals surface area contributed by atoms with E-state index in [1.807, 2.05) is 43.3 Å².